The quantitative estimate of drug-likeness (QED) is 0.278. The van der Waals surface area contributed by atoms with Crippen molar-refractivity contribution < 1.29 is 4.79 Å². The first kappa shape index (κ1) is 23.4. The van der Waals surface area contributed by atoms with Gasteiger partial charge in [-0.2, -0.15) is 0 Å². The highest BCUT2D eigenvalue weighted by molar-refractivity contribution is 8.26. The Bertz CT molecular complexity index is 872. The van der Waals surface area contributed by atoms with Crippen LogP contribution >= 0.6 is 24.0 Å². The Balaban J connectivity index is 1.67. The topological polar surface area (TPSA) is 78.0 Å². The first-order valence-corrected chi connectivity index (χ1v) is 12.2. The summed E-state index contributed by atoms with van der Waals surface area (Å²) in [6.45, 7) is 6.90. The number of aromatic amines is 1. The van der Waals surface area contributed by atoms with Crippen molar-refractivity contribution in [2.45, 2.75) is 58.9 Å². The maximum Gasteiger partial charge on any atom is 0.266 e. The van der Waals surface area contributed by atoms with Crippen LogP contribution in [0.4, 0.5) is 5.69 Å². The van der Waals surface area contributed by atoms with Gasteiger partial charge in [-0.05, 0) is 47.0 Å². The van der Waals surface area contributed by atoms with Gasteiger partial charge in [-0.15, -0.1) is 5.10 Å². The van der Waals surface area contributed by atoms with E-state index in [9.17, 15) is 4.79 Å². The highest BCUT2D eigenvalue weighted by atomic mass is 32.2. The van der Waals surface area contributed by atoms with E-state index in [2.05, 4.69) is 63.6 Å². The molecule has 0 bridgehead atoms. The Kier molecular flexibility index (Phi) is 9.02. The molecule has 31 heavy (non-hydrogen) atoms. The van der Waals surface area contributed by atoms with Crippen LogP contribution in [-0.2, 0) is 11.3 Å². The van der Waals surface area contributed by atoms with E-state index < -0.39 is 0 Å². The molecular formula is C22H30N6OS2. The number of tetrazole rings is 1. The predicted molar refractivity (Wildman–Crippen MR) is 131 cm³/mol. The highest BCUT2D eigenvalue weighted by Crippen LogP contribution is 2.33. The minimum Gasteiger partial charge on any atom is -0.372 e. The number of anilines is 1. The number of benzene rings is 1. The Hall–Kier alpha value is -2.26. The molecule has 2 aromatic rings. The molecule has 1 aliphatic rings. The predicted octanol–water partition coefficient (Wildman–Crippen LogP) is 4.79. The van der Waals surface area contributed by atoms with E-state index in [-0.39, 0.29) is 12.5 Å². The molecule has 0 aliphatic carbocycles. The number of hydrogen-bond donors (Lipinski definition) is 1. The summed E-state index contributed by atoms with van der Waals surface area (Å²) >= 11 is 6.69. The number of nitrogens with zero attached hydrogens (tertiary/aromatic N) is 5. The third-order valence-electron chi connectivity index (χ3n) is 5.19. The second-order valence-electron chi connectivity index (χ2n) is 7.61. The van der Waals surface area contributed by atoms with Gasteiger partial charge in [0.05, 0.1) is 11.4 Å². The molecule has 0 spiro atoms. The lowest BCUT2D eigenvalue weighted by Gasteiger charge is -2.25. The van der Waals surface area contributed by atoms with Gasteiger partial charge >= 0.3 is 0 Å². The fraction of sp³-hybridized carbons (Fsp3) is 0.500. The van der Waals surface area contributed by atoms with Gasteiger partial charge in [0, 0.05) is 18.8 Å². The van der Waals surface area contributed by atoms with Crippen LogP contribution < -0.4 is 4.90 Å². The van der Waals surface area contributed by atoms with Crippen molar-refractivity contribution in [2.75, 3.05) is 18.0 Å². The molecule has 1 saturated heterocycles. The lowest BCUT2D eigenvalue weighted by molar-refractivity contribution is -0.122. The van der Waals surface area contributed by atoms with Gasteiger partial charge in [0.15, 0.2) is 5.82 Å². The molecule has 1 fully saturated rings. The molecule has 166 valence electrons. The van der Waals surface area contributed by atoms with E-state index >= 15 is 0 Å². The summed E-state index contributed by atoms with van der Waals surface area (Å²) in [4.78, 5) is 17.4. The number of thioether (sulfide) groups is 1. The van der Waals surface area contributed by atoms with Crippen LogP contribution in [-0.4, -0.2) is 48.8 Å². The first-order valence-electron chi connectivity index (χ1n) is 10.9. The van der Waals surface area contributed by atoms with Crippen molar-refractivity contribution >= 4 is 46.0 Å². The van der Waals surface area contributed by atoms with E-state index in [4.69, 9.17) is 12.2 Å². The fourth-order valence-electron chi connectivity index (χ4n) is 3.44. The molecule has 1 aliphatic heterocycles. The number of carbonyl (C=O) groups is 1. The van der Waals surface area contributed by atoms with Crippen LogP contribution in [0.1, 0.15) is 63.8 Å². The van der Waals surface area contributed by atoms with Crippen molar-refractivity contribution in [3.8, 4) is 0 Å². The number of rotatable bonds is 12. The number of unbranched alkanes of at least 4 members (excludes halogenated alkanes) is 4. The molecule has 1 aromatic heterocycles. The summed E-state index contributed by atoms with van der Waals surface area (Å²) in [5, 5.41) is 13.6. The van der Waals surface area contributed by atoms with Gasteiger partial charge in [-0.3, -0.25) is 9.69 Å². The monoisotopic (exact) mass is 458 g/mol. The fourth-order valence-corrected chi connectivity index (χ4v) is 4.69. The molecule has 0 atom stereocenters. The number of aromatic nitrogens is 4. The van der Waals surface area contributed by atoms with Crippen molar-refractivity contribution in [1.82, 2.24) is 25.5 Å². The maximum atomic E-state index is 12.8. The molecule has 3 rings (SSSR count). The van der Waals surface area contributed by atoms with Crippen molar-refractivity contribution in [3.05, 3.63) is 40.6 Å². The van der Waals surface area contributed by atoms with E-state index in [1.54, 1.807) is 0 Å². The average molecular weight is 459 g/mol. The van der Waals surface area contributed by atoms with Crippen molar-refractivity contribution in [2.24, 2.45) is 0 Å². The normalized spacial score (nSPS) is 15.3. The van der Waals surface area contributed by atoms with E-state index in [0.29, 0.717) is 15.1 Å². The summed E-state index contributed by atoms with van der Waals surface area (Å²) in [6.07, 6.45) is 9.31. The highest BCUT2D eigenvalue weighted by Gasteiger charge is 2.32. The summed E-state index contributed by atoms with van der Waals surface area (Å²) < 4.78 is 0.516. The Morgan fingerprint density at radius 2 is 1.77 bits per heavy atom. The zero-order valence-electron chi connectivity index (χ0n) is 18.2. The van der Waals surface area contributed by atoms with Gasteiger partial charge in [-0.1, -0.05) is 75.6 Å². The third-order valence-corrected chi connectivity index (χ3v) is 6.57. The number of hydrogen-bond acceptors (Lipinski definition) is 7. The molecule has 1 amide bonds. The first-order chi connectivity index (χ1) is 15.1. The molecule has 1 aromatic carbocycles. The number of thiocarbonyl (C=S) groups is 1. The number of H-pyrrole nitrogens is 1. The molecule has 0 radical (unpaired) electrons. The minimum atomic E-state index is -0.115. The smallest absolute Gasteiger partial charge is 0.266 e. The van der Waals surface area contributed by atoms with Crippen LogP contribution in [0.5, 0.6) is 0 Å². The Morgan fingerprint density at radius 1 is 1.10 bits per heavy atom. The largest absolute Gasteiger partial charge is 0.372 e. The van der Waals surface area contributed by atoms with Gasteiger partial charge < -0.3 is 4.90 Å². The molecule has 0 saturated carbocycles. The molecule has 1 N–H and O–H groups in total. The van der Waals surface area contributed by atoms with Gasteiger partial charge in [0.2, 0.25) is 0 Å². The van der Waals surface area contributed by atoms with Crippen LogP contribution in [0.2, 0.25) is 0 Å². The van der Waals surface area contributed by atoms with Crippen LogP contribution in [0, 0.1) is 0 Å². The SMILES string of the molecule is CCCCCN(CCCCC)c1ccc(C=C2SC(=S)N(Cc3nnn[nH]3)C2=O)cc1. The van der Waals surface area contributed by atoms with Crippen LogP contribution in [0.25, 0.3) is 6.08 Å². The maximum absolute atomic E-state index is 12.8. The number of amides is 1. The number of carbonyl (C=O) groups excluding carboxylic acids is 1. The van der Waals surface area contributed by atoms with E-state index in [0.717, 1.165) is 18.7 Å². The third kappa shape index (κ3) is 6.61. The summed E-state index contributed by atoms with van der Waals surface area (Å²) in [6, 6.07) is 8.47. The van der Waals surface area contributed by atoms with Gasteiger partial charge in [0.1, 0.15) is 4.32 Å². The van der Waals surface area contributed by atoms with Gasteiger partial charge in [-0.25, -0.2) is 5.10 Å². The lowest BCUT2D eigenvalue weighted by Crippen LogP contribution is -2.27. The van der Waals surface area contributed by atoms with Gasteiger partial charge in [0.25, 0.3) is 5.91 Å². The molecule has 2 heterocycles. The Labute approximate surface area is 193 Å². The minimum absolute atomic E-state index is 0.115. The van der Waals surface area contributed by atoms with Crippen LogP contribution in [0.15, 0.2) is 29.2 Å². The summed E-state index contributed by atoms with van der Waals surface area (Å²) in [5.74, 6) is 0.393. The van der Waals surface area contributed by atoms with Crippen molar-refractivity contribution in [1.29, 1.82) is 0 Å². The molecular weight excluding hydrogens is 428 g/mol. The number of nitrogens with one attached hydrogen (secondary N) is 1. The standard InChI is InChI=1S/C22H30N6OS2/c1-3-5-7-13-27(14-8-6-4-2)18-11-9-17(10-12-18)15-19-21(29)28(22(30)31-19)16-20-23-25-26-24-20/h9-12,15H,3-8,13-14,16H2,1-2H3,(H,23,24,25,26). The second kappa shape index (κ2) is 12.0. The van der Waals surface area contributed by atoms with Crippen molar-refractivity contribution in [3.63, 3.8) is 0 Å². The average Bonchev–Trinajstić information content (AvgIpc) is 3.38. The molecule has 9 heteroatoms. The zero-order chi connectivity index (χ0) is 22.1. The second-order valence-corrected chi connectivity index (χ2v) is 9.28. The lowest BCUT2D eigenvalue weighted by atomic mass is 10.1. The summed E-state index contributed by atoms with van der Waals surface area (Å²) in [5.41, 5.74) is 2.24. The molecule has 7 nitrogen and oxygen atoms in total. The van der Waals surface area contributed by atoms with E-state index in [1.165, 1.54) is 60.9 Å². The van der Waals surface area contributed by atoms with Crippen LogP contribution in [0.3, 0.4) is 0 Å². The Morgan fingerprint density at radius 3 is 2.35 bits per heavy atom. The molecule has 0 unspecified atom stereocenters. The zero-order valence-corrected chi connectivity index (χ0v) is 19.8. The summed E-state index contributed by atoms with van der Waals surface area (Å²) in [7, 11) is 0. The van der Waals surface area contributed by atoms with E-state index in [1.807, 2.05) is 6.08 Å².